The number of halogens is 1. The summed E-state index contributed by atoms with van der Waals surface area (Å²) in [5, 5.41) is 6.91. The molecule has 0 bridgehead atoms. The first-order chi connectivity index (χ1) is 11.4. The summed E-state index contributed by atoms with van der Waals surface area (Å²) < 4.78 is 10.2. The minimum Gasteiger partial charge on any atom is -0.493 e. The minimum atomic E-state index is -0.538. The van der Waals surface area contributed by atoms with Gasteiger partial charge in [0.1, 0.15) is 0 Å². The molecular weight excluding hydrogens is 336 g/mol. The molecule has 0 saturated heterocycles. The van der Waals surface area contributed by atoms with Crippen LogP contribution in [0.2, 0.25) is 5.02 Å². The molecule has 0 aliphatic carbocycles. The van der Waals surface area contributed by atoms with Crippen LogP contribution in [0.15, 0.2) is 18.2 Å². The van der Waals surface area contributed by atoms with Gasteiger partial charge < -0.3 is 9.47 Å². The zero-order valence-electron chi connectivity index (χ0n) is 13.4. The van der Waals surface area contributed by atoms with E-state index in [0.717, 1.165) is 5.69 Å². The van der Waals surface area contributed by atoms with Crippen LogP contribution < -0.4 is 20.3 Å². The summed E-state index contributed by atoms with van der Waals surface area (Å²) in [7, 11) is 2.88. The molecule has 2 rings (SSSR count). The number of rotatable bonds is 5. The largest absolute Gasteiger partial charge is 0.493 e. The Labute approximate surface area is 143 Å². The number of carbonyl (C=O) groups excluding carboxylic acids is 2. The highest BCUT2D eigenvalue weighted by molar-refractivity contribution is 6.32. The summed E-state index contributed by atoms with van der Waals surface area (Å²) in [6.45, 7) is 1.83. The number of ether oxygens (including phenoxy) is 2. The van der Waals surface area contributed by atoms with Crippen LogP contribution in [0.5, 0.6) is 11.5 Å². The van der Waals surface area contributed by atoms with E-state index in [-0.39, 0.29) is 17.0 Å². The third-order valence-electron chi connectivity index (χ3n) is 3.11. The topological polar surface area (TPSA) is 105 Å². The van der Waals surface area contributed by atoms with Gasteiger partial charge in [0, 0.05) is 11.3 Å². The molecule has 8 nitrogen and oxygen atoms in total. The third kappa shape index (κ3) is 4.17. The number of benzene rings is 1. The predicted octanol–water partition coefficient (Wildman–Crippen LogP) is 1.39. The molecule has 0 saturated carbocycles. The van der Waals surface area contributed by atoms with Crippen LogP contribution in [0.4, 0.5) is 0 Å². The summed E-state index contributed by atoms with van der Waals surface area (Å²) in [5.41, 5.74) is 6.27. The van der Waals surface area contributed by atoms with Crippen molar-refractivity contribution < 1.29 is 19.1 Å². The SMILES string of the molecule is COc1cc(C(=O)NNC(=O)Cc2cc(C)[nH]n2)cc(Cl)c1OC. The van der Waals surface area contributed by atoms with Crippen LogP contribution in [0, 0.1) is 6.92 Å². The van der Waals surface area contributed by atoms with Crippen molar-refractivity contribution in [2.45, 2.75) is 13.3 Å². The van der Waals surface area contributed by atoms with Crippen LogP contribution in [0.3, 0.4) is 0 Å². The van der Waals surface area contributed by atoms with Gasteiger partial charge in [-0.1, -0.05) is 11.6 Å². The van der Waals surface area contributed by atoms with Gasteiger partial charge in [0.15, 0.2) is 11.5 Å². The van der Waals surface area contributed by atoms with E-state index >= 15 is 0 Å². The molecule has 3 N–H and O–H groups in total. The van der Waals surface area contributed by atoms with Crippen LogP contribution >= 0.6 is 11.6 Å². The standard InChI is InChI=1S/C15H17ClN4O4/c1-8-4-10(18-17-8)7-13(21)19-20-15(22)9-5-11(16)14(24-3)12(6-9)23-2/h4-6H,7H2,1-3H3,(H,17,18)(H,19,21)(H,20,22). The molecule has 24 heavy (non-hydrogen) atoms. The normalized spacial score (nSPS) is 10.2. The summed E-state index contributed by atoms with van der Waals surface area (Å²) in [4.78, 5) is 23.9. The molecular formula is C15H17ClN4O4. The Kier molecular flexibility index (Phi) is 5.64. The Balaban J connectivity index is 1.99. The molecule has 1 aromatic carbocycles. The highest BCUT2D eigenvalue weighted by Gasteiger charge is 2.16. The highest BCUT2D eigenvalue weighted by Crippen LogP contribution is 2.35. The van der Waals surface area contributed by atoms with Gasteiger partial charge in [-0.25, -0.2) is 0 Å². The second-order valence-electron chi connectivity index (χ2n) is 4.91. The van der Waals surface area contributed by atoms with Crippen LogP contribution in [0.25, 0.3) is 0 Å². The molecule has 0 spiro atoms. The average Bonchev–Trinajstić information content (AvgIpc) is 2.96. The first-order valence-electron chi connectivity index (χ1n) is 6.96. The van der Waals surface area contributed by atoms with E-state index in [0.29, 0.717) is 17.2 Å². The Morgan fingerprint density at radius 3 is 2.54 bits per heavy atom. The fourth-order valence-corrected chi connectivity index (χ4v) is 2.31. The number of aromatic nitrogens is 2. The van der Waals surface area contributed by atoms with Gasteiger partial charge >= 0.3 is 0 Å². The Bertz CT molecular complexity index is 760. The van der Waals surface area contributed by atoms with E-state index in [1.165, 1.54) is 26.4 Å². The van der Waals surface area contributed by atoms with Gasteiger partial charge in [-0.15, -0.1) is 0 Å². The lowest BCUT2D eigenvalue weighted by Crippen LogP contribution is -2.42. The molecule has 0 aliphatic heterocycles. The van der Waals surface area contributed by atoms with Crippen LogP contribution in [-0.4, -0.2) is 36.2 Å². The van der Waals surface area contributed by atoms with E-state index in [9.17, 15) is 9.59 Å². The monoisotopic (exact) mass is 352 g/mol. The molecule has 1 heterocycles. The molecule has 9 heteroatoms. The zero-order valence-corrected chi connectivity index (χ0v) is 14.2. The summed E-state index contributed by atoms with van der Waals surface area (Å²) >= 11 is 6.05. The van der Waals surface area contributed by atoms with Gasteiger partial charge in [-0.3, -0.25) is 25.5 Å². The fourth-order valence-electron chi connectivity index (χ4n) is 2.02. The molecule has 0 aliphatic rings. The molecule has 0 radical (unpaired) electrons. The van der Waals surface area contributed by atoms with E-state index in [2.05, 4.69) is 21.0 Å². The molecule has 0 fully saturated rings. The van der Waals surface area contributed by atoms with Crippen molar-refractivity contribution in [3.8, 4) is 11.5 Å². The quantitative estimate of drug-likeness (QED) is 0.705. The second kappa shape index (κ2) is 7.69. The van der Waals surface area contributed by atoms with Crippen molar-refractivity contribution in [1.29, 1.82) is 0 Å². The summed E-state index contributed by atoms with van der Waals surface area (Å²) in [6.07, 6.45) is 0.0390. The van der Waals surface area contributed by atoms with E-state index in [1.807, 2.05) is 6.92 Å². The number of nitrogens with one attached hydrogen (secondary N) is 3. The fraction of sp³-hybridized carbons (Fsp3) is 0.267. The molecule has 128 valence electrons. The van der Waals surface area contributed by atoms with Crippen LogP contribution in [0.1, 0.15) is 21.7 Å². The number of H-pyrrole nitrogens is 1. The van der Waals surface area contributed by atoms with Gasteiger partial charge in [0.05, 0.1) is 31.4 Å². The van der Waals surface area contributed by atoms with Crippen molar-refractivity contribution in [2.24, 2.45) is 0 Å². The maximum Gasteiger partial charge on any atom is 0.269 e. The zero-order chi connectivity index (χ0) is 17.7. The number of hydrazine groups is 1. The molecule has 0 unspecified atom stereocenters. The number of methoxy groups -OCH3 is 2. The van der Waals surface area contributed by atoms with Crippen LogP contribution in [-0.2, 0) is 11.2 Å². The predicted molar refractivity (Wildman–Crippen MR) is 87.2 cm³/mol. The Morgan fingerprint density at radius 1 is 1.21 bits per heavy atom. The van der Waals surface area contributed by atoms with Crippen molar-refractivity contribution in [3.05, 3.63) is 40.2 Å². The lowest BCUT2D eigenvalue weighted by atomic mass is 10.2. The number of hydrogen-bond donors (Lipinski definition) is 3. The van der Waals surface area contributed by atoms with Gasteiger partial charge in [0.2, 0.25) is 5.91 Å². The first kappa shape index (κ1) is 17.6. The molecule has 0 atom stereocenters. The van der Waals surface area contributed by atoms with Gasteiger partial charge in [-0.2, -0.15) is 5.10 Å². The van der Waals surface area contributed by atoms with E-state index in [4.69, 9.17) is 21.1 Å². The van der Waals surface area contributed by atoms with E-state index in [1.54, 1.807) is 6.07 Å². The molecule has 2 aromatic rings. The minimum absolute atomic E-state index is 0.0390. The van der Waals surface area contributed by atoms with Crippen molar-refractivity contribution >= 4 is 23.4 Å². The smallest absolute Gasteiger partial charge is 0.269 e. The maximum atomic E-state index is 12.1. The number of hydrogen-bond acceptors (Lipinski definition) is 5. The number of nitrogens with zero attached hydrogens (tertiary/aromatic N) is 1. The summed E-state index contributed by atoms with van der Waals surface area (Å²) in [6, 6.07) is 4.63. The lowest BCUT2D eigenvalue weighted by molar-refractivity contribution is -0.121. The average molecular weight is 353 g/mol. The Morgan fingerprint density at radius 2 is 1.96 bits per heavy atom. The third-order valence-corrected chi connectivity index (χ3v) is 3.39. The van der Waals surface area contributed by atoms with Gasteiger partial charge in [-0.05, 0) is 25.1 Å². The maximum absolute atomic E-state index is 12.1. The second-order valence-corrected chi connectivity index (χ2v) is 5.32. The van der Waals surface area contributed by atoms with Gasteiger partial charge in [0.25, 0.3) is 5.91 Å². The number of aryl methyl sites for hydroxylation is 1. The van der Waals surface area contributed by atoms with Crippen molar-refractivity contribution in [3.63, 3.8) is 0 Å². The number of carbonyl (C=O) groups is 2. The number of amides is 2. The van der Waals surface area contributed by atoms with Crippen molar-refractivity contribution in [1.82, 2.24) is 21.0 Å². The Hall–Kier alpha value is -2.74. The molecule has 1 aromatic heterocycles. The lowest BCUT2D eigenvalue weighted by Gasteiger charge is -2.12. The number of aromatic amines is 1. The molecule has 2 amide bonds. The summed E-state index contributed by atoms with van der Waals surface area (Å²) in [5.74, 6) is -0.298. The first-order valence-corrected chi connectivity index (χ1v) is 7.34. The van der Waals surface area contributed by atoms with E-state index < -0.39 is 11.8 Å². The highest BCUT2D eigenvalue weighted by atomic mass is 35.5. The van der Waals surface area contributed by atoms with Crippen molar-refractivity contribution in [2.75, 3.05) is 14.2 Å².